The number of nitrogens with zero attached hydrogens (tertiary/aromatic N) is 1. The van der Waals surface area contributed by atoms with Crippen molar-refractivity contribution in [2.75, 3.05) is 32.7 Å². The fourth-order valence-corrected chi connectivity index (χ4v) is 3.24. The zero-order valence-corrected chi connectivity index (χ0v) is 15.1. The molecule has 1 aliphatic heterocycles. The Morgan fingerprint density at radius 3 is 2.55 bits per heavy atom. The van der Waals surface area contributed by atoms with Crippen LogP contribution in [-0.2, 0) is 14.8 Å². The van der Waals surface area contributed by atoms with Crippen molar-refractivity contribution >= 4 is 15.9 Å². The molecule has 0 aromatic carbocycles. The molecule has 0 radical (unpaired) electrons. The van der Waals surface area contributed by atoms with Crippen LogP contribution in [0.15, 0.2) is 0 Å². The lowest BCUT2D eigenvalue weighted by molar-refractivity contribution is -0.122. The van der Waals surface area contributed by atoms with Crippen LogP contribution in [-0.4, -0.2) is 57.2 Å². The van der Waals surface area contributed by atoms with E-state index in [9.17, 15) is 13.2 Å². The van der Waals surface area contributed by atoms with Crippen molar-refractivity contribution in [2.24, 2.45) is 11.8 Å². The lowest BCUT2D eigenvalue weighted by Gasteiger charge is -2.32. The molecule has 6 nitrogen and oxygen atoms in total. The Morgan fingerprint density at radius 1 is 1.27 bits per heavy atom. The number of nitrogens with one attached hydrogen (secondary N) is 2. The summed E-state index contributed by atoms with van der Waals surface area (Å²) in [5.41, 5.74) is 0. The van der Waals surface area contributed by atoms with Crippen LogP contribution in [0.25, 0.3) is 0 Å². The van der Waals surface area contributed by atoms with Crippen LogP contribution < -0.4 is 10.0 Å². The largest absolute Gasteiger partial charge is 0.355 e. The molecule has 1 fully saturated rings. The zero-order valence-electron chi connectivity index (χ0n) is 14.3. The lowest BCUT2D eigenvalue weighted by Crippen LogP contribution is -2.46. The van der Waals surface area contributed by atoms with Crippen molar-refractivity contribution in [2.45, 2.75) is 45.8 Å². The van der Waals surface area contributed by atoms with E-state index in [-0.39, 0.29) is 11.8 Å². The van der Waals surface area contributed by atoms with Gasteiger partial charge in [0.15, 0.2) is 0 Å². The molecule has 0 spiro atoms. The third-order valence-corrected chi connectivity index (χ3v) is 5.68. The molecular weight excluding hydrogens is 302 g/mol. The van der Waals surface area contributed by atoms with Gasteiger partial charge in [0, 0.05) is 19.6 Å². The third-order valence-electron chi connectivity index (χ3n) is 3.87. The average Bonchev–Trinajstić information content (AvgIpc) is 2.43. The Balaban J connectivity index is 2.37. The van der Waals surface area contributed by atoms with Gasteiger partial charge in [0.1, 0.15) is 0 Å². The minimum Gasteiger partial charge on any atom is -0.355 e. The summed E-state index contributed by atoms with van der Waals surface area (Å²) in [5.74, 6) is 0.778. The first-order valence-corrected chi connectivity index (χ1v) is 9.73. The lowest BCUT2D eigenvalue weighted by atomic mass is 9.98. The highest BCUT2D eigenvalue weighted by Crippen LogP contribution is 2.16. The van der Waals surface area contributed by atoms with E-state index in [1.165, 1.54) is 0 Å². The van der Waals surface area contributed by atoms with Crippen LogP contribution >= 0.6 is 0 Å². The Hall–Kier alpha value is -0.660. The second-order valence-corrected chi connectivity index (χ2v) is 9.21. The molecule has 1 rings (SSSR count). The molecule has 1 unspecified atom stereocenters. The second-order valence-electron chi connectivity index (χ2n) is 6.88. The molecule has 0 aromatic heterocycles. The van der Waals surface area contributed by atoms with E-state index in [4.69, 9.17) is 0 Å². The summed E-state index contributed by atoms with van der Waals surface area (Å²) in [5, 5.41) is 2.51. The quantitative estimate of drug-likeness (QED) is 0.689. The number of carbonyl (C=O) groups excluding carboxylic acids is 1. The van der Waals surface area contributed by atoms with Crippen LogP contribution in [0.3, 0.4) is 0 Å². The van der Waals surface area contributed by atoms with Crippen molar-refractivity contribution in [1.29, 1.82) is 0 Å². The standard InChI is InChI=1S/C15H31N3O3S/c1-12(2)8-16-15(19)11-18-7-5-6-14(10-18)9-17-22(20,21)13(3)4/h12-14,17H,5-11H2,1-4H3,(H,16,19). The van der Waals surface area contributed by atoms with Gasteiger partial charge in [-0.05, 0) is 45.1 Å². The molecule has 1 saturated heterocycles. The van der Waals surface area contributed by atoms with Gasteiger partial charge < -0.3 is 5.32 Å². The summed E-state index contributed by atoms with van der Waals surface area (Å²) in [6.07, 6.45) is 2.01. The predicted octanol–water partition coefficient (Wildman–Crippen LogP) is 0.798. The Morgan fingerprint density at radius 2 is 1.95 bits per heavy atom. The van der Waals surface area contributed by atoms with Gasteiger partial charge in [-0.15, -0.1) is 0 Å². The maximum atomic E-state index is 11.9. The number of piperidine rings is 1. The molecule has 0 aliphatic carbocycles. The molecule has 0 aromatic rings. The zero-order chi connectivity index (χ0) is 16.8. The molecule has 1 amide bonds. The normalized spacial score (nSPS) is 20.5. The van der Waals surface area contributed by atoms with Crippen molar-refractivity contribution in [3.63, 3.8) is 0 Å². The fraction of sp³-hybridized carbons (Fsp3) is 0.933. The smallest absolute Gasteiger partial charge is 0.234 e. The first kappa shape index (κ1) is 19.4. The molecule has 22 heavy (non-hydrogen) atoms. The Labute approximate surface area is 135 Å². The summed E-state index contributed by atoms with van der Waals surface area (Å²) < 4.78 is 26.3. The highest BCUT2D eigenvalue weighted by atomic mass is 32.2. The summed E-state index contributed by atoms with van der Waals surface area (Å²) in [7, 11) is -3.20. The molecule has 130 valence electrons. The van der Waals surface area contributed by atoms with Crippen LogP contribution in [0, 0.1) is 11.8 Å². The Bertz CT molecular complexity index is 449. The number of hydrogen-bond donors (Lipinski definition) is 2. The van der Waals surface area contributed by atoms with E-state index in [1.54, 1.807) is 13.8 Å². The average molecular weight is 333 g/mol. The van der Waals surface area contributed by atoms with Crippen molar-refractivity contribution in [3.05, 3.63) is 0 Å². The molecular formula is C15H31N3O3S. The van der Waals surface area contributed by atoms with Crippen LogP contribution in [0.4, 0.5) is 0 Å². The van der Waals surface area contributed by atoms with Crippen LogP contribution in [0.2, 0.25) is 0 Å². The molecule has 1 atom stereocenters. The number of likely N-dealkylation sites (tertiary alicyclic amines) is 1. The maximum absolute atomic E-state index is 11.9. The first-order valence-electron chi connectivity index (χ1n) is 8.18. The second kappa shape index (κ2) is 8.84. The topological polar surface area (TPSA) is 78.5 Å². The number of sulfonamides is 1. The SMILES string of the molecule is CC(C)CNC(=O)CN1CCCC(CNS(=O)(=O)C(C)C)C1. The maximum Gasteiger partial charge on any atom is 0.234 e. The van der Waals surface area contributed by atoms with E-state index in [0.717, 1.165) is 25.9 Å². The molecule has 7 heteroatoms. The highest BCUT2D eigenvalue weighted by Gasteiger charge is 2.24. The number of hydrogen-bond acceptors (Lipinski definition) is 4. The van der Waals surface area contributed by atoms with Gasteiger partial charge >= 0.3 is 0 Å². The van der Waals surface area contributed by atoms with Gasteiger partial charge in [0.25, 0.3) is 0 Å². The number of rotatable bonds is 8. The minimum atomic E-state index is -3.20. The van der Waals surface area contributed by atoms with Gasteiger partial charge in [-0.25, -0.2) is 13.1 Å². The van der Waals surface area contributed by atoms with Gasteiger partial charge in [-0.3, -0.25) is 9.69 Å². The van der Waals surface area contributed by atoms with Gasteiger partial charge in [-0.2, -0.15) is 0 Å². The summed E-state index contributed by atoms with van der Waals surface area (Å²) in [6.45, 7) is 10.7. The van der Waals surface area contributed by atoms with E-state index < -0.39 is 15.3 Å². The van der Waals surface area contributed by atoms with Crippen molar-refractivity contribution < 1.29 is 13.2 Å². The minimum absolute atomic E-state index is 0.0529. The van der Waals surface area contributed by atoms with Gasteiger partial charge in [-0.1, -0.05) is 13.8 Å². The van der Waals surface area contributed by atoms with Gasteiger partial charge in [0.05, 0.1) is 11.8 Å². The van der Waals surface area contributed by atoms with Crippen molar-refractivity contribution in [1.82, 2.24) is 14.9 Å². The van der Waals surface area contributed by atoms with E-state index in [0.29, 0.717) is 25.6 Å². The molecule has 1 aliphatic rings. The summed E-state index contributed by atoms with van der Waals surface area (Å²) in [4.78, 5) is 14.0. The molecule has 0 bridgehead atoms. The van der Waals surface area contributed by atoms with Gasteiger partial charge in [0.2, 0.25) is 15.9 Å². The Kier molecular flexibility index (Phi) is 7.79. The van der Waals surface area contributed by atoms with Crippen molar-refractivity contribution in [3.8, 4) is 0 Å². The van der Waals surface area contributed by atoms with Crippen LogP contribution in [0.5, 0.6) is 0 Å². The summed E-state index contributed by atoms with van der Waals surface area (Å²) >= 11 is 0. The highest BCUT2D eigenvalue weighted by molar-refractivity contribution is 7.90. The van der Waals surface area contributed by atoms with E-state index in [2.05, 4.69) is 28.8 Å². The van der Waals surface area contributed by atoms with Crippen LogP contribution in [0.1, 0.15) is 40.5 Å². The molecule has 2 N–H and O–H groups in total. The first-order chi connectivity index (χ1) is 10.2. The third kappa shape index (κ3) is 7.07. The fourth-order valence-electron chi connectivity index (χ4n) is 2.44. The number of carbonyl (C=O) groups is 1. The predicted molar refractivity (Wildman–Crippen MR) is 89.1 cm³/mol. The van der Waals surface area contributed by atoms with E-state index >= 15 is 0 Å². The number of amides is 1. The monoisotopic (exact) mass is 333 g/mol. The molecule has 0 saturated carbocycles. The molecule has 1 heterocycles. The van der Waals surface area contributed by atoms with E-state index in [1.807, 2.05) is 0 Å². The summed E-state index contributed by atoms with van der Waals surface area (Å²) in [6, 6.07) is 0.